The highest BCUT2D eigenvalue weighted by Gasteiger charge is 2.38. The van der Waals surface area contributed by atoms with E-state index in [0.29, 0.717) is 45.1 Å². The fraction of sp³-hybridized carbons (Fsp3) is 0.208. The molecular formula is C24H20Cl2N8O2S. The zero-order valence-electron chi connectivity index (χ0n) is 19.2. The van der Waals surface area contributed by atoms with Gasteiger partial charge in [0.2, 0.25) is 0 Å². The third kappa shape index (κ3) is 4.55. The fourth-order valence-corrected chi connectivity index (χ4v) is 5.78. The van der Waals surface area contributed by atoms with E-state index >= 15 is 0 Å². The van der Waals surface area contributed by atoms with Crippen molar-refractivity contribution in [1.82, 2.24) is 34.8 Å². The van der Waals surface area contributed by atoms with E-state index in [1.54, 1.807) is 51.3 Å². The number of pyridine rings is 1. The number of fused-ring (bicyclic) bond motifs is 2. The third-order valence-electron chi connectivity index (χ3n) is 6.29. The standard InChI is InChI=1S/C24H20Cl2N8O2S/c25-12-1-3-16-15(5-12)17(32-31-16)7-28-22(35)19-11-37-23(30-19)20-6-14(27)9-34(20)24(36)18-10-33-8-13(26)2-4-21(33)29-18/h1-5,8,10-11,14,20H,6-7,9,27H2,(H,28,35)(H,31,32)/t14-,20+/m1/s1. The molecule has 1 fully saturated rings. The number of carbonyl (C=O) groups excluding carboxylic acids is 2. The summed E-state index contributed by atoms with van der Waals surface area (Å²) >= 11 is 13.5. The highest BCUT2D eigenvalue weighted by atomic mass is 35.5. The second-order valence-corrected chi connectivity index (χ2v) is 10.6. The van der Waals surface area contributed by atoms with Gasteiger partial charge in [-0.25, -0.2) is 9.97 Å². The summed E-state index contributed by atoms with van der Waals surface area (Å²) in [5.74, 6) is -0.582. The first-order valence-corrected chi connectivity index (χ1v) is 13.1. The highest BCUT2D eigenvalue weighted by molar-refractivity contribution is 7.09. The Hall–Kier alpha value is -3.51. The number of halogens is 2. The van der Waals surface area contributed by atoms with Gasteiger partial charge in [-0.3, -0.25) is 14.7 Å². The number of imidazole rings is 1. The molecule has 2 amide bonds. The molecule has 188 valence electrons. The van der Waals surface area contributed by atoms with E-state index < -0.39 is 0 Å². The number of aromatic amines is 1. The molecule has 0 saturated carbocycles. The molecule has 1 aliphatic rings. The Balaban J connectivity index is 1.18. The van der Waals surface area contributed by atoms with Crippen LogP contribution < -0.4 is 11.1 Å². The Bertz CT molecular complexity index is 1660. The van der Waals surface area contributed by atoms with E-state index in [1.807, 2.05) is 6.07 Å². The number of rotatable bonds is 5. The lowest BCUT2D eigenvalue weighted by Gasteiger charge is -2.21. The van der Waals surface area contributed by atoms with Gasteiger partial charge in [0.25, 0.3) is 11.8 Å². The van der Waals surface area contributed by atoms with Crippen LogP contribution in [0.15, 0.2) is 48.1 Å². The van der Waals surface area contributed by atoms with Crippen molar-refractivity contribution in [3.63, 3.8) is 0 Å². The maximum atomic E-state index is 13.4. The van der Waals surface area contributed by atoms with E-state index in [1.165, 1.54) is 11.3 Å². The largest absolute Gasteiger partial charge is 0.345 e. The molecule has 4 aromatic heterocycles. The Kier molecular flexibility index (Phi) is 6.07. The molecule has 37 heavy (non-hydrogen) atoms. The molecule has 0 unspecified atom stereocenters. The van der Waals surface area contributed by atoms with Crippen LogP contribution >= 0.6 is 34.5 Å². The molecule has 0 bridgehead atoms. The molecule has 13 heteroatoms. The van der Waals surface area contributed by atoms with Crippen LogP contribution in [-0.4, -0.2) is 53.9 Å². The maximum absolute atomic E-state index is 13.4. The third-order valence-corrected chi connectivity index (χ3v) is 7.69. The molecule has 0 spiro atoms. The van der Waals surface area contributed by atoms with E-state index in [-0.39, 0.29) is 36.1 Å². The second kappa shape index (κ2) is 9.42. The van der Waals surface area contributed by atoms with Gasteiger partial charge >= 0.3 is 0 Å². The van der Waals surface area contributed by atoms with E-state index in [0.717, 1.165) is 10.9 Å². The lowest BCUT2D eigenvalue weighted by molar-refractivity contribution is 0.0728. The summed E-state index contributed by atoms with van der Waals surface area (Å²) in [6.07, 6.45) is 3.89. The van der Waals surface area contributed by atoms with Gasteiger partial charge in [0.05, 0.1) is 28.8 Å². The van der Waals surface area contributed by atoms with Crippen LogP contribution in [0.3, 0.4) is 0 Å². The van der Waals surface area contributed by atoms with Gasteiger partial charge in [-0.05, 0) is 36.8 Å². The number of nitrogens with zero attached hydrogens (tertiary/aromatic N) is 5. The number of nitrogens with two attached hydrogens (primary N) is 1. The quantitative estimate of drug-likeness (QED) is 0.302. The molecule has 1 saturated heterocycles. The van der Waals surface area contributed by atoms with Crippen LogP contribution in [0.2, 0.25) is 10.0 Å². The van der Waals surface area contributed by atoms with Crippen LogP contribution in [0.25, 0.3) is 16.6 Å². The Labute approximate surface area is 224 Å². The lowest BCUT2D eigenvalue weighted by Crippen LogP contribution is -2.33. The monoisotopic (exact) mass is 554 g/mol. The number of benzene rings is 1. The summed E-state index contributed by atoms with van der Waals surface area (Å²) in [7, 11) is 0. The number of hydrogen-bond donors (Lipinski definition) is 3. The van der Waals surface area contributed by atoms with E-state index in [4.69, 9.17) is 28.9 Å². The van der Waals surface area contributed by atoms with Crippen molar-refractivity contribution >= 4 is 62.9 Å². The smallest absolute Gasteiger partial charge is 0.274 e. The van der Waals surface area contributed by atoms with Crippen molar-refractivity contribution in [3.05, 3.63) is 80.2 Å². The van der Waals surface area contributed by atoms with Gasteiger partial charge in [0.1, 0.15) is 22.0 Å². The molecule has 1 aliphatic heterocycles. The first-order valence-electron chi connectivity index (χ1n) is 11.4. The predicted molar refractivity (Wildman–Crippen MR) is 141 cm³/mol. The number of likely N-dealkylation sites (tertiary alicyclic amines) is 1. The molecule has 1 aromatic carbocycles. The summed E-state index contributed by atoms with van der Waals surface area (Å²) in [5, 5.41) is 14.4. The first-order chi connectivity index (χ1) is 17.9. The minimum Gasteiger partial charge on any atom is -0.345 e. The molecule has 6 rings (SSSR count). The average Bonchev–Trinajstić information content (AvgIpc) is 3.66. The zero-order chi connectivity index (χ0) is 25.7. The van der Waals surface area contributed by atoms with Gasteiger partial charge in [-0.1, -0.05) is 23.2 Å². The Morgan fingerprint density at radius 1 is 1.14 bits per heavy atom. The molecule has 5 aromatic rings. The number of carbonyl (C=O) groups is 2. The van der Waals surface area contributed by atoms with Crippen molar-refractivity contribution < 1.29 is 9.59 Å². The van der Waals surface area contributed by atoms with Crippen LogP contribution in [0, 0.1) is 0 Å². The van der Waals surface area contributed by atoms with Gasteiger partial charge < -0.3 is 20.4 Å². The summed E-state index contributed by atoms with van der Waals surface area (Å²) < 4.78 is 1.71. The summed E-state index contributed by atoms with van der Waals surface area (Å²) in [6, 6.07) is 8.33. The maximum Gasteiger partial charge on any atom is 0.274 e. The van der Waals surface area contributed by atoms with E-state index in [9.17, 15) is 9.59 Å². The first kappa shape index (κ1) is 23.9. The van der Waals surface area contributed by atoms with E-state index in [2.05, 4.69) is 25.5 Å². The highest BCUT2D eigenvalue weighted by Crippen LogP contribution is 2.34. The molecule has 4 N–H and O–H groups in total. The Morgan fingerprint density at radius 3 is 2.84 bits per heavy atom. The molecule has 0 aliphatic carbocycles. The summed E-state index contributed by atoms with van der Waals surface area (Å²) in [5.41, 5.74) is 8.92. The van der Waals surface area contributed by atoms with Gasteiger partial charge in [-0.2, -0.15) is 5.10 Å². The Morgan fingerprint density at radius 2 is 1.97 bits per heavy atom. The van der Waals surface area contributed by atoms with Crippen LogP contribution in [-0.2, 0) is 6.54 Å². The molecule has 5 heterocycles. The molecule has 10 nitrogen and oxygen atoms in total. The van der Waals surface area contributed by atoms with Gasteiger partial charge in [-0.15, -0.1) is 11.3 Å². The van der Waals surface area contributed by atoms with Crippen molar-refractivity contribution in [2.24, 2.45) is 5.73 Å². The van der Waals surface area contributed by atoms with Crippen LogP contribution in [0.4, 0.5) is 0 Å². The predicted octanol–water partition coefficient (Wildman–Crippen LogP) is 3.82. The molecule has 0 radical (unpaired) electrons. The van der Waals surface area contributed by atoms with Crippen molar-refractivity contribution in [3.8, 4) is 0 Å². The van der Waals surface area contributed by atoms with Crippen molar-refractivity contribution in [2.75, 3.05) is 6.54 Å². The summed E-state index contributed by atoms with van der Waals surface area (Å²) in [4.78, 5) is 36.9. The lowest BCUT2D eigenvalue weighted by atomic mass is 10.2. The van der Waals surface area contributed by atoms with Crippen LogP contribution in [0.1, 0.15) is 44.1 Å². The van der Waals surface area contributed by atoms with Crippen molar-refractivity contribution in [1.29, 1.82) is 0 Å². The summed E-state index contributed by atoms with van der Waals surface area (Å²) in [6.45, 7) is 0.580. The van der Waals surface area contributed by atoms with Gasteiger partial charge in [0.15, 0.2) is 0 Å². The number of thiazole rings is 1. The number of H-pyrrole nitrogens is 1. The minimum absolute atomic E-state index is 0.207. The van der Waals surface area contributed by atoms with Crippen molar-refractivity contribution in [2.45, 2.75) is 25.0 Å². The second-order valence-electron chi connectivity index (χ2n) is 8.82. The van der Waals surface area contributed by atoms with Crippen LogP contribution in [0.5, 0.6) is 0 Å². The topological polar surface area (TPSA) is 134 Å². The number of nitrogens with one attached hydrogen (secondary N) is 2. The molecular weight excluding hydrogens is 535 g/mol. The number of aromatic nitrogens is 5. The zero-order valence-corrected chi connectivity index (χ0v) is 21.5. The SMILES string of the molecule is N[C@@H]1C[C@@H](c2nc(C(=O)NCc3n[nH]c4ccc(Cl)cc34)cs2)N(C(=O)c2cn3cc(Cl)ccc3n2)C1. The minimum atomic E-state index is -0.347. The number of amides is 2. The normalized spacial score (nSPS) is 17.6. The molecule has 2 atom stereocenters. The number of hydrogen-bond acceptors (Lipinski definition) is 7. The van der Waals surface area contributed by atoms with Gasteiger partial charge in [0, 0.05) is 40.8 Å². The average molecular weight is 555 g/mol. The fourth-order valence-electron chi connectivity index (χ4n) is 4.52.